The number of thioether (sulfide) groups is 1. The lowest BCUT2D eigenvalue weighted by Gasteiger charge is -2.10. The van der Waals surface area contributed by atoms with Gasteiger partial charge in [-0.05, 0) is 83.9 Å². The van der Waals surface area contributed by atoms with Gasteiger partial charge in [0.25, 0.3) is 5.91 Å². The molecule has 0 aliphatic rings. The minimum absolute atomic E-state index is 0.0932. The molecule has 0 aliphatic carbocycles. The highest BCUT2D eigenvalue weighted by molar-refractivity contribution is 7.99. The molecule has 7 nitrogen and oxygen atoms in total. The summed E-state index contributed by atoms with van der Waals surface area (Å²) in [6.45, 7) is 0.495. The number of rotatable bonds is 10. The van der Waals surface area contributed by atoms with E-state index in [1.807, 2.05) is 83.4 Å². The minimum Gasteiger partial charge on any atom is -0.489 e. The van der Waals surface area contributed by atoms with E-state index in [1.165, 1.54) is 11.8 Å². The summed E-state index contributed by atoms with van der Waals surface area (Å²) < 4.78 is 7.68. The fourth-order valence-electron chi connectivity index (χ4n) is 3.70. The Morgan fingerprint density at radius 3 is 2.25 bits per heavy atom. The molecule has 1 aromatic heterocycles. The van der Waals surface area contributed by atoms with Crippen LogP contribution in [0.3, 0.4) is 0 Å². The Labute approximate surface area is 245 Å². The molecule has 0 atom stereocenters. The second kappa shape index (κ2) is 13.3. The fourth-order valence-corrected chi connectivity index (χ4v) is 4.70. The van der Waals surface area contributed by atoms with Gasteiger partial charge in [-0.1, -0.05) is 65.3 Å². The zero-order chi connectivity index (χ0) is 27.7. The maximum atomic E-state index is 12.5. The molecule has 200 valence electrons. The Hall–Kier alpha value is -4.11. The molecule has 40 heavy (non-hydrogen) atoms. The zero-order valence-corrected chi connectivity index (χ0v) is 23.4. The summed E-state index contributed by atoms with van der Waals surface area (Å²) in [5, 5.41) is 14.6. The van der Waals surface area contributed by atoms with Crippen LogP contribution in [0.2, 0.25) is 10.0 Å². The Bertz CT molecular complexity index is 1590. The van der Waals surface area contributed by atoms with Crippen molar-refractivity contribution in [3.63, 3.8) is 0 Å². The summed E-state index contributed by atoms with van der Waals surface area (Å²) in [6.07, 6.45) is 1.58. The largest absolute Gasteiger partial charge is 0.489 e. The number of ether oxygens (including phenoxy) is 1. The van der Waals surface area contributed by atoms with Crippen LogP contribution in [0.15, 0.2) is 113 Å². The molecule has 10 heteroatoms. The van der Waals surface area contributed by atoms with Crippen LogP contribution in [0.4, 0.5) is 0 Å². The lowest BCUT2D eigenvalue weighted by atomic mass is 10.2. The van der Waals surface area contributed by atoms with E-state index in [9.17, 15) is 4.79 Å². The fraction of sp³-hybridized carbons (Fsp3) is 0.0667. The summed E-state index contributed by atoms with van der Waals surface area (Å²) in [5.41, 5.74) is 6.14. The van der Waals surface area contributed by atoms with Gasteiger partial charge < -0.3 is 4.74 Å². The van der Waals surface area contributed by atoms with Gasteiger partial charge in [0.15, 0.2) is 11.0 Å². The molecule has 1 N–H and O–H groups in total. The van der Waals surface area contributed by atoms with Gasteiger partial charge in [-0.2, -0.15) is 5.10 Å². The van der Waals surface area contributed by atoms with Gasteiger partial charge in [0, 0.05) is 21.3 Å². The van der Waals surface area contributed by atoms with Crippen molar-refractivity contribution in [3.05, 3.63) is 124 Å². The number of hydrogen-bond acceptors (Lipinski definition) is 6. The number of benzene rings is 4. The van der Waals surface area contributed by atoms with Gasteiger partial charge in [0.1, 0.15) is 12.4 Å². The first kappa shape index (κ1) is 27.5. The normalized spacial score (nSPS) is 11.1. The van der Waals surface area contributed by atoms with Gasteiger partial charge >= 0.3 is 0 Å². The number of hydrogen-bond donors (Lipinski definition) is 1. The second-order valence-corrected chi connectivity index (χ2v) is 10.4. The van der Waals surface area contributed by atoms with Crippen LogP contribution in [-0.2, 0) is 11.4 Å². The highest BCUT2D eigenvalue weighted by atomic mass is 35.5. The monoisotopic (exact) mass is 587 g/mol. The summed E-state index contributed by atoms with van der Waals surface area (Å²) in [7, 11) is 0. The van der Waals surface area contributed by atoms with E-state index in [2.05, 4.69) is 20.7 Å². The van der Waals surface area contributed by atoms with Crippen molar-refractivity contribution >= 4 is 47.1 Å². The van der Waals surface area contributed by atoms with E-state index in [1.54, 1.807) is 30.5 Å². The van der Waals surface area contributed by atoms with Crippen LogP contribution >= 0.6 is 35.0 Å². The molecule has 0 radical (unpaired) electrons. The van der Waals surface area contributed by atoms with Crippen LogP contribution < -0.4 is 10.2 Å². The molecule has 0 saturated carbocycles. The van der Waals surface area contributed by atoms with Crippen LogP contribution in [0, 0.1) is 0 Å². The molecular weight excluding hydrogens is 565 g/mol. The van der Waals surface area contributed by atoms with Crippen LogP contribution in [0.1, 0.15) is 11.1 Å². The van der Waals surface area contributed by atoms with Gasteiger partial charge in [-0.3, -0.25) is 9.36 Å². The lowest BCUT2D eigenvalue weighted by Crippen LogP contribution is -2.20. The summed E-state index contributed by atoms with van der Waals surface area (Å²) in [5.74, 6) is 1.19. The Morgan fingerprint density at radius 1 is 0.875 bits per heavy atom. The van der Waals surface area contributed by atoms with E-state index in [0.717, 1.165) is 28.1 Å². The number of halogens is 2. The first-order valence-electron chi connectivity index (χ1n) is 12.2. The number of amides is 1. The van der Waals surface area contributed by atoms with Crippen molar-refractivity contribution < 1.29 is 9.53 Å². The molecule has 5 rings (SSSR count). The van der Waals surface area contributed by atoms with Crippen LogP contribution in [0.5, 0.6) is 5.75 Å². The van der Waals surface area contributed by atoms with Crippen molar-refractivity contribution in [1.29, 1.82) is 0 Å². The molecular formula is C30H23Cl2N5O2S. The average molecular weight is 589 g/mol. The topological polar surface area (TPSA) is 81.4 Å². The maximum Gasteiger partial charge on any atom is 0.250 e. The van der Waals surface area contributed by atoms with Crippen molar-refractivity contribution in [2.45, 2.75) is 11.8 Å². The highest BCUT2D eigenvalue weighted by Crippen LogP contribution is 2.29. The number of hydrazone groups is 1. The maximum absolute atomic E-state index is 12.5. The molecule has 1 amide bonds. The second-order valence-electron chi connectivity index (χ2n) is 8.55. The van der Waals surface area contributed by atoms with E-state index in [-0.39, 0.29) is 11.7 Å². The number of carbonyl (C=O) groups excluding carboxylic acids is 1. The van der Waals surface area contributed by atoms with Crippen molar-refractivity contribution in [2.75, 3.05) is 5.75 Å². The molecule has 0 spiro atoms. The highest BCUT2D eigenvalue weighted by Gasteiger charge is 2.17. The first-order valence-corrected chi connectivity index (χ1v) is 14.0. The van der Waals surface area contributed by atoms with Gasteiger partial charge in [0.2, 0.25) is 0 Å². The number of carbonyl (C=O) groups is 1. The van der Waals surface area contributed by atoms with Crippen LogP contribution in [0.25, 0.3) is 17.1 Å². The van der Waals surface area contributed by atoms with E-state index < -0.39 is 0 Å². The van der Waals surface area contributed by atoms with Crippen molar-refractivity contribution in [1.82, 2.24) is 20.2 Å². The van der Waals surface area contributed by atoms with Crippen LogP contribution in [-0.4, -0.2) is 32.6 Å². The minimum atomic E-state index is -0.275. The lowest BCUT2D eigenvalue weighted by molar-refractivity contribution is -0.118. The third kappa shape index (κ3) is 7.30. The summed E-state index contributed by atoms with van der Waals surface area (Å²) in [4.78, 5) is 12.5. The molecule has 5 aromatic rings. The number of nitrogens with zero attached hydrogens (tertiary/aromatic N) is 4. The molecule has 0 bridgehead atoms. The van der Waals surface area contributed by atoms with E-state index in [4.69, 9.17) is 27.9 Å². The molecule has 4 aromatic carbocycles. The third-order valence-electron chi connectivity index (χ3n) is 5.68. The average Bonchev–Trinajstić information content (AvgIpc) is 3.41. The van der Waals surface area contributed by atoms with E-state index in [0.29, 0.717) is 27.6 Å². The van der Waals surface area contributed by atoms with Crippen molar-refractivity contribution in [2.24, 2.45) is 5.10 Å². The van der Waals surface area contributed by atoms with Gasteiger partial charge in [-0.15, -0.1) is 10.2 Å². The Morgan fingerprint density at radius 2 is 1.55 bits per heavy atom. The summed E-state index contributed by atoms with van der Waals surface area (Å²) >= 11 is 13.4. The molecule has 1 heterocycles. The first-order chi connectivity index (χ1) is 19.5. The number of nitrogens with one attached hydrogen (secondary N) is 1. The zero-order valence-electron chi connectivity index (χ0n) is 21.1. The smallest absolute Gasteiger partial charge is 0.250 e. The standard InChI is InChI=1S/C30H23Cl2N5O2S/c31-24-10-8-23(9-11-24)29-35-36-30(37(29)26-14-12-25(32)13-15-26)40-20-28(38)34-33-18-21-6-16-27(17-7-21)39-19-22-4-2-1-3-5-22/h1-18H,19-20H2,(H,34,38)/b33-18+. The molecule has 0 unspecified atom stereocenters. The Balaban J connectivity index is 1.19. The molecule has 0 fully saturated rings. The predicted octanol–water partition coefficient (Wildman–Crippen LogP) is 7.06. The SMILES string of the molecule is O=C(CSc1nnc(-c2ccc(Cl)cc2)n1-c1ccc(Cl)cc1)N/N=C/c1ccc(OCc2ccccc2)cc1. The van der Waals surface area contributed by atoms with E-state index >= 15 is 0 Å². The van der Waals surface area contributed by atoms with Gasteiger partial charge in [0.05, 0.1) is 12.0 Å². The number of aromatic nitrogens is 3. The molecule has 0 aliphatic heterocycles. The molecule has 0 saturated heterocycles. The van der Waals surface area contributed by atoms with Crippen molar-refractivity contribution in [3.8, 4) is 22.8 Å². The van der Waals surface area contributed by atoms with Gasteiger partial charge in [-0.25, -0.2) is 5.43 Å². The third-order valence-corrected chi connectivity index (χ3v) is 7.12. The predicted molar refractivity (Wildman–Crippen MR) is 160 cm³/mol. The summed E-state index contributed by atoms with van der Waals surface area (Å²) in [6, 6.07) is 32.1. The quantitative estimate of drug-likeness (QED) is 0.107. The Kier molecular flexibility index (Phi) is 9.13.